The van der Waals surface area contributed by atoms with Crippen LogP contribution in [0.4, 0.5) is 0 Å². The number of halogens is 3. The normalized spacial score (nSPS) is 11.3. The molecule has 4 aromatic carbocycles. The van der Waals surface area contributed by atoms with Crippen LogP contribution in [0.5, 0.6) is 0 Å². The molecule has 10 nitrogen and oxygen atoms in total. The Labute approximate surface area is 340 Å². The van der Waals surface area contributed by atoms with Crippen molar-refractivity contribution in [3.8, 4) is 0 Å². The fourth-order valence-electron chi connectivity index (χ4n) is 5.10. The number of carbonyl (C=O) groups excluding carboxylic acids is 4. The van der Waals surface area contributed by atoms with Gasteiger partial charge in [0.25, 0.3) is 5.56 Å². The average Bonchev–Trinajstić information content (AvgIpc) is 3.13. The van der Waals surface area contributed by atoms with E-state index in [1.165, 1.54) is 12.4 Å². The molecule has 56 heavy (non-hydrogen) atoms. The maximum absolute atomic E-state index is 12.7. The van der Waals surface area contributed by atoms with Gasteiger partial charge in [-0.2, -0.15) is 0 Å². The van der Waals surface area contributed by atoms with Crippen LogP contribution in [-0.4, -0.2) is 47.3 Å². The zero-order valence-corrected chi connectivity index (χ0v) is 34.6. The number of fused-ring (bicyclic) bond motifs is 2. The van der Waals surface area contributed by atoms with Gasteiger partial charge in [0.1, 0.15) is 16.7 Å². The van der Waals surface area contributed by atoms with Gasteiger partial charge in [-0.15, -0.1) is 0 Å². The van der Waals surface area contributed by atoms with E-state index in [0.29, 0.717) is 57.2 Å². The number of Topliss-reactive ketones (excluding diaryl/α,β-unsaturated/α-hetero) is 2. The van der Waals surface area contributed by atoms with Crippen LogP contribution >= 0.6 is 33.0 Å². The maximum Gasteiger partial charge on any atom is 0.266 e. The summed E-state index contributed by atoms with van der Waals surface area (Å²) in [6, 6.07) is 24.4. The molecule has 14 heteroatoms. The number of hydrogen-bond donors (Lipinski definition) is 1. The molecule has 0 aliphatic rings. The molecule has 0 bridgehead atoms. The van der Waals surface area contributed by atoms with Crippen molar-refractivity contribution in [2.24, 2.45) is 10.8 Å². The van der Waals surface area contributed by atoms with E-state index in [1.54, 1.807) is 72.8 Å². The van der Waals surface area contributed by atoms with Crippen LogP contribution in [0.1, 0.15) is 84.5 Å². The lowest BCUT2D eigenvalue weighted by Crippen LogP contribution is -2.22. The van der Waals surface area contributed by atoms with E-state index in [4.69, 9.17) is 15.8 Å². The van der Waals surface area contributed by atoms with Crippen molar-refractivity contribution >= 4 is 87.4 Å². The highest BCUT2D eigenvalue weighted by atomic mass is 36.0. The lowest BCUT2D eigenvalue weighted by atomic mass is 9.87. The third-order valence-corrected chi connectivity index (χ3v) is 8.63. The number of aromatic amines is 1. The monoisotopic (exact) mass is 832 g/mol. The van der Waals surface area contributed by atoms with Gasteiger partial charge in [0.2, 0.25) is 9.23 Å². The van der Waals surface area contributed by atoms with Crippen molar-refractivity contribution in [3.63, 3.8) is 0 Å². The molecule has 290 valence electrons. The SMILES string of the molecule is CC(C)(C)C(=O)Cc1ccc(C(=O)c2ccc3ncc(=O)[nH]c3c2)cc1.CC(C)(C)C(=O)Cc1ccc(C(=O)c2ccc3ncc(Cl)nc3c2)cc1.O=S(Cl)Cl. The van der Waals surface area contributed by atoms with Crippen molar-refractivity contribution in [2.45, 2.75) is 54.4 Å². The summed E-state index contributed by atoms with van der Waals surface area (Å²) in [6.07, 6.45) is 3.40. The largest absolute Gasteiger partial charge is 0.319 e. The van der Waals surface area contributed by atoms with Crippen LogP contribution in [0, 0.1) is 10.8 Å². The number of nitrogens with one attached hydrogen (secondary N) is 1. The van der Waals surface area contributed by atoms with Crippen molar-refractivity contribution in [1.29, 1.82) is 0 Å². The summed E-state index contributed by atoms with van der Waals surface area (Å²) in [5, 5.41) is 0.287. The van der Waals surface area contributed by atoms with E-state index in [2.05, 4.69) is 41.3 Å². The number of H-pyrrole nitrogens is 1. The van der Waals surface area contributed by atoms with Crippen LogP contribution in [0.25, 0.3) is 22.1 Å². The summed E-state index contributed by atoms with van der Waals surface area (Å²) in [7, 11) is 7.36. The first-order valence-electron chi connectivity index (χ1n) is 17.2. The fraction of sp³-hybridized carbons (Fsp3) is 0.238. The van der Waals surface area contributed by atoms with E-state index in [1.807, 2.05) is 53.7 Å². The van der Waals surface area contributed by atoms with Crippen molar-refractivity contribution in [1.82, 2.24) is 19.9 Å². The molecule has 0 unspecified atom stereocenters. The standard InChI is InChI=1S/C21H19ClN2O2.C21H20N2O3.Cl2OS/c1-21(2,3)18(25)10-13-4-6-14(7-5-13)20(26)15-8-9-16-17(11-15)24-19(22)12-23-16;1-21(2,3)18(24)10-13-4-6-14(7-5-13)20(26)15-8-9-16-17(11-15)23-19(25)12-22-16;1-4(2)3/h4-9,11-12H,10H2,1-3H3;4-9,11-12H,10H2,1-3H3,(H,23,25);. The summed E-state index contributed by atoms with van der Waals surface area (Å²) >= 11 is 5.87. The molecule has 0 fully saturated rings. The van der Waals surface area contributed by atoms with Crippen molar-refractivity contribution < 1.29 is 23.4 Å². The molecule has 0 aliphatic heterocycles. The Kier molecular flexibility index (Phi) is 14.7. The lowest BCUT2D eigenvalue weighted by molar-refractivity contribution is -0.126. The number of hydrogen-bond acceptors (Lipinski definition) is 9. The number of aromatic nitrogens is 4. The molecular formula is C42H39Cl3N4O6S. The molecule has 2 heterocycles. The average molecular weight is 834 g/mol. The quantitative estimate of drug-likeness (QED) is 0.117. The van der Waals surface area contributed by atoms with Gasteiger partial charge in [-0.25, -0.2) is 14.2 Å². The summed E-state index contributed by atoms with van der Waals surface area (Å²) in [6.45, 7) is 11.4. The Hall–Kier alpha value is -4.94. The third kappa shape index (κ3) is 12.5. The van der Waals surface area contributed by atoms with Gasteiger partial charge in [-0.05, 0) is 47.5 Å². The van der Waals surface area contributed by atoms with Crippen LogP contribution < -0.4 is 5.56 Å². The lowest BCUT2D eigenvalue weighted by Gasteiger charge is -2.16. The second kappa shape index (κ2) is 18.8. The minimum absolute atomic E-state index is 0.109. The summed E-state index contributed by atoms with van der Waals surface area (Å²) in [5.41, 5.74) is 5.21. The molecule has 0 radical (unpaired) electrons. The Bertz CT molecular complexity index is 2490. The highest BCUT2D eigenvalue weighted by Crippen LogP contribution is 2.22. The molecule has 0 aliphatic carbocycles. The molecule has 6 aromatic rings. The van der Waals surface area contributed by atoms with Crippen LogP contribution in [-0.2, 0) is 31.7 Å². The van der Waals surface area contributed by atoms with Gasteiger partial charge in [-0.3, -0.25) is 29.0 Å². The summed E-state index contributed by atoms with van der Waals surface area (Å²) < 4.78 is 9.09. The molecule has 0 spiro atoms. The number of ketones is 4. The molecular weight excluding hydrogens is 795 g/mol. The van der Waals surface area contributed by atoms with Gasteiger partial charge in [0.05, 0.1) is 34.5 Å². The molecule has 0 saturated heterocycles. The topological polar surface area (TPSA) is 157 Å². The van der Waals surface area contributed by atoms with Gasteiger partial charge in [0, 0.05) is 67.3 Å². The van der Waals surface area contributed by atoms with Crippen LogP contribution in [0.15, 0.2) is 102 Å². The molecule has 6 rings (SSSR count). The maximum atomic E-state index is 12.7. The minimum atomic E-state index is -1.67. The highest BCUT2D eigenvalue weighted by molar-refractivity contribution is 8.26. The van der Waals surface area contributed by atoms with E-state index in [-0.39, 0.29) is 44.7 Å². The predicted molar refractivity (Wildman–Crippen MR) is 223 cm³/mol. The first-order valence-corrected chi connectivity index (χ1v) is 20.4. The Balaban J connectivity index is 0.000000227. The number of rotatable bonds is 8. The Morgan fingerprint density at radius 2 is 1.02 bits per heavy atom. The summed E-state index contributed by atoms with van der Waals surface area (Å²) in [5.74, 6) is 0.0665. The van der Waals surface area contributed by atoms with E-state index in [0.717, 1.165) is 11.1 Å². The van der Waals surface area contributed by atoms with Gasteiger partial charge in [-0.1, -0.05) is 102 Å². The van der Waals surface area contributed by atoms with Gasteiger partial charge in [0.15, 0.2) is 11.6 Å². The fourth-order valence-corrected chi connectivity index (χ4v) is 5.24. The number of nitrogens with zero attached hydrogens (tertiary/aromatic N) is 3. The number of benzene rings is 4. The van der Waals surface area contributed by atoms with E-state index < -0.39 is 9.23 Å². The second-order valence-corrected chi connectivity index (χ2v) is 17.7. The highest BCUT2D eigenvalue weighted by Gasteiger charge is 2.22. The van der Waals surface area contributed by atoms with Crippen molar-refractivity contribution in [2.75, 3.05) is 0 Å². The smallest absolute Gasteiger partial charge is 0.266 e. The minimum Gasteiger partial charge on any atom is -0.319 e. The molecule has 1 N–H and O–H groups in total. The van der Waals surface area contributed by atoms with Gasteiger partial charge >= 0.3 is 0 Å². The predicted octanol–water partition coefficient (Wildman–Crippen LogP) is 9.03. The molecule has 0 atom stereocenters. The van der Waals surface area contributed by atoms with E-state index >= 15 is 0 Å². The zero-order valence-electron chi connectivity index (χ0n) is 31.5. The van der Waals surface area contributed by atoms with Crippen LogP contribution in [0.3, 0.4) is 0 Å². The third-order valence-electron chi connectivity index (χ3n) is 8.45. The van der Waals surface area contributed by atoms with Gasteiger partial charge < -0.3 is 4.98 Å². The van der Waals surface area contributed by atoms with E-state index in [9.17, 15) is 24.0 Å². The zero-order chi connectivity index (χ0) is 41.4. The number of carbonyl (C=O) groups is 4. The molecule has 2 aromatic heterocycles. The Morgan fingerprint density at radius 3 is 1.48 bits per heavy atom. The Morgan fingerprint density at radius 1 is 0.607 bits per heavy atom. The molecule has 0 saturated carbocycles. The first kappa shape index (κ1) is 43.8. The molecule has 0 amide bonds. The van der Waals surface area contributed by atoms with Crippen LogP contribution in [0.2, 0.25) is 5.15 Å². The summed E-state index contributed by atoms with van der Waals surface area (Å²) in [4.78, 5) is 76.1. The van der Waals surface area contributed by atoms with Crippen molar-refractivity contribution in [3.05, 3.63) is 146 Å². The second-order valence-electron chi connectivity index (χ2n) is 14.8. The first-order chi connectivity index (χ1) is 26.2.